The number of carbonyl (C=O) groups is 1. The van der Waals surface area contributed by atoms with Crippen molar-refractivity contribution in [2.24, 2.45) is 5.73 Å². The first-order valence-electron chi connectivity index (χ1n) is 7.88. The Morgan fingerprint density at radius 3 is 2.90 bits per heavy atom. The SMILES string of the molecule is CCC(N)C(c1cccc(C)c1)N1CCCC1C(=O)NC. The van der Waals surface area contributed by atoms with E-state index < -0.39 is 0 Å². The van der Waals surface area contributed by atoms with Gasteiger partial charge in [0.25, 0.3) is 0 Å². The third-order valence-corrected chi connectivity index (χ3v) is 4.46. The highest BCUT2D eigenvalue weighted by atomic mass is 16.2. The van der Waals surface area contributed by atoms with E-state index in [1.807, 2.05) is 0 Å². The van der Waals surface area contributed by atoms with Gasteiger partial charge in [0.2, 0.25) is 5.91 Å². The van der Waals surface area contributed by atoms with E-state index in [4.69, 9.17) is 5.73 Å². The number of amides is 1. The maximum Gasteiger partial charge on any atom is 0.237 e. The molecule has 0 bridgehead atoms. The fraction of sp³-hybridized carbons (Fsp3) is 0.588. The van der Waals surface area contributed by atoms with E-state index >= 15 is 0 Å². The first-order valence-corrected chi connectivity index (χ1v) is 7.88. The molecule has 1 aliphatic rings. The summed E-state index contributed by atoms with van der Waals surface area (Å²) in [7, 11) is 1.71. The summed E-state index contributed by atoms with van der Waals surface area (Å²) in [6.07, 6.45) is 2.87. The molecule has 1 aliphatic heterocycles. The van der Waals surface area contributed by atoms with E-state index in [9.17, 15) is 4.79 Å². The Hall–Kier alpha value is -1.39. The van der Waals surface area contributed by atoms with Crippen molar-refractivity contribution in [1.29, 1.82) is 0 Å². The van der Waals surface area contributed by atoms with Crippen molar-refractivity contribution >= 4 is 5.91 Å². The Balaban J connectivity index is 2.34. The smallest absolute Gasteiger partial charge is 0.237 e. The number of benzene rings is 1. The zero-order valence-electron chi connectivity index (χ0n) is 13.3. The van der Waals surface area contributed by atoms with E-state index in [0.29, 0.717) is 0 Å². The second kappa shape index (κ2) is 7.05. The van der Waals surface area contributed by atoms with Gasteiger partial charge in [-0.05, 0) is 38.3 Å². The predicted octanol–water partition coefficient (Wildman–Crippen LogP) is 1.98. The molecule has 2 rings (SSSR count). The number of carbonyl (C=O) groups excluding carboxylic acids is 1. The molecule has 4 heteroatoms. The van der Waals surface area contributed by atoms with Crippen molar-refractivity contribution in [1.82, 2.24) is 10.2 Å². The number of hydrogen-bond donors (Lipinski definition) is 2. The van der Waals surface area contributed by atoms with Gasteiger partial charge in [-0.15, -0.1) is 0 Å². The molecule has 116 valence electrons. The second-order valence-electron chi connectivity index (χ2n) is 5.94. The lowest BCUT2D eigenvalue weighted by atomic mass is 9.94. The molecule has 1 aromatic rings. The predicted molar refractivity (Wildman–Crippen MR) is 86.0 cm³/mol. The third kappa shape index (κ3) is 3.44. The molecule has 0 radical (unpaired) electrons. The summed E-state index contributed by atoms with van der Waals surface area (Å²) in [6.45, 7) is 5.14. The Kier molecular flexibility index (Phi) is 5.37. The molecule has 4 nitrogen and oxygen atoms in total. The lowest BCUT2D eigenvalue weighted by molar-refractivity contribution is -0.125. The number of hydrogen-bond acceptors (Lipinski definition) is 3. The molecule has 1 saturated heterocycles. The van der Waals surface area contributed by atoms with Crippen molar-refractivity contribution in [2.75, 3.05) is 13.6 Å². The van der Waals surface area contributed by atoms with Gasteiger partial charge in [0.1, 0.15) is 0 Å². The van der Waals surface area contributed by atoms with Crippen molar-refractivity contribution in [2.45, 2.75) is 51.2 Å². The average molecular weight is 289 g/mol. The van der Waals surface area contributed by atoms with Crippen LogP contribution in [-0.4, -0.2) is 36.5 Å². The van der Waals surface area contributed by atoms with Crippen LogP contribution in [0.25, 0.3) is 0 Å². The number of rotatable bonds is 5. The van der Waals surface area contributed by atoms with Crippen LogP contribution < -0.4 is 11.1 Å². The summed E-state index contributed by atoms with van der Waals surface area (Å²) < 4.78 is 0. The summed E-state index contributed by atoms with van der Waals surface area (Å²) in [5, 5.41) is 2.79. The molecular formula is C17H27N3O. The molecule has 0 spiro atoms. The van der Waals surface area contributed by atoms with Gasteiger partial charge in [0.15, 0.2) is 0 Å². The number of nitrogens with one attached hydrogen (secondary N) is 1. The lowest BCUT2D eigenvalue weighted by Gasteiger charge is -2.36. The zero-order chi connectivity index (χ0) is 15.4. The Morgan fingerprint density at radius 1 is 1.52 bits per heavy atom. The number of nitrogens with two attached hydrogens (primary N) is 1. The van der Waals surface area contributed by atoms with Gasteiger partial charge in [-0.2, -0.15) is 0 Å². The molecule has 0 aromatic heterocycles. The van der Waals surface area contributed by atoms with Gasteiger partial charge in [0.05, 0.1) is 12.1 Å². The minimum atomic E-state index is -0.0573. The number of likely N-dealkylation sites (N-methyl/N-ethyl adjacent to an activating group) is 1. The Labute approximate surface area is 127 Å². The molecule has 1 amide bonds. The van der Waals surface area contributed by atoms with Crippen LogP contribution in [0.3, 0.4) is 0 Å². The maximum absolute atomic E-state index is 12.1. The molecule has 1 aromatic carbocycles. The topological polar surface area (TPSA) is 58.4 Å². The van der Waals surface area contributed by atoms with Gasteiger partial charge in [-0.1, -0.05) is 36.8 Å². The van der Waals surface area contributed by atoms with Crippen LogP contribution in [-0.2, 0) is 4.79 Å². The molecule has 0 saturated carbocycles. The molecule has 21 heavy (non-hydrogen) atoms. The van der Waals surface area contributed by atoms with Crippen LogP contribution in [0.1, 0.15) is 43.4 Å². The first-order chi connectivity index (χ1) is 10.1. The summed E-state index contributed by atoms with van der Waals surface area (Å²) in [6, 6.07) is 8.59. The van der Waals surface area contributed by atoms with Crippen molar-refractivity contribution < 1.29 is 4.79 Å². The molecule has 1 heterocycles. The minimum absolute atomic E-state index is 0.0389. The van der Waals surface area contributed by atoms with Gasteiger partial charge in [-0.3, -0.25) is 9.69 Å². The highest BCUT2D eigenvalue weighted by Crippen LogP contribution is 2.32. The van der Waals surface area contributed by atoms with Gasteiger partial charge < -0.3 is 11.1 Å². The van der Waals surface area contributed by atoms with Crippen LogP contribution in [0.4, 0.5) is 0 Å². The van der Waals surface area contributed by atoms with E-state index in [2.05, 4.69) is 48.3 Å². The van der Waals surface area contributed by atoms with Crippen LogP contribution in [0.15, 0.2) is 24.3 Å². The molecule has 3 atom stereocenters. The van der Waals surface area contributed by atoms with Crippen molar-refractivity contribution in [3.8, 4) is 0 Å². The van der Waals surface area contributed by atoms with Gasteiger partial charge in [-0.25, -0.2) is 0 Å². The molecule has 1 fully saturated rings. The van der Waals surface area contributed by atoms with Crippen molar-refractivity contribution in [3.05, 3.63) is 35.4 Å². The average Bonchev–Trinajstić information content (AvgIpc) is 2.95. The summed E-state index contributed by atoms with van der Waals surface area (Å²) >= 11 is 0. The highest BCUT2D eigenvalue weighted by molar-refractivity contribution is 5.81. The fourth-order valence-corrected chi connectivity index (χ4v) is 3.33. The van der Waals surface area contributed by atoms with Crippen molar-refractivity contribution in [3.63, 3.8) is 0 Å². The molecule has 0 aliphatic carbocycles. The fourth-order valence-electron chi connectivity index (χ4n) is 3.33. The molecule has 3 unspecified atom stereocenters. The zero-order valence-corrected chi connectivity index (χ0v) is 13.3. The normalized spacial score (nSPS) is 22.0. The largest absolute Gasteiger partial charge is 0.358 e. The lowest BCUT2D eigenvalue weighted by Crippen LogP contribution is -2.48. The van der Waals surface area contributed by atoms with Crippen LogP contribution in [0.2, 0.25) is 0 Å². The maximum atomic E-state index is 12.1. The quantitative estimate of drug-likeness (QED) is 0.871. The van der Waals surface area contributed by atoms with E-state index in [1.165, 1.54) is 11.1 Å². The Bertz CT molecular complexity index is 489. The summed E-state index contributed by atoms with van der Waals surface area (Å²) in [5.41, 5.74) is 8.86. The van der Waals surface area contributed by atoms with Gasteiger partial charge in [0, 0.05) is 13.1 Å². The highest BCUT2D eigenvalue weighted by Gasteiger charge is 2.37. The standard InChI is InChI=1S/C17H27N3O/c1-4-14(18)16(13-8-5-7-12(2)11-13)20-10-6-9-15(20)17(21)19-3/h5,7-8,11,14-16H,4,6,9-10,18H2,1-3H3,(H,19,21). The number of likely N-dealkylation sites (tertiary alicyclic amines) is 1. The molecular weight excluding hydrogens is 262 g/mol. The summed E-state index contributed by atoms with van der Waals surface area (Å²) in [4.78, 5) is 14.4. The number of nitrogens with zero attached hydrogens (tertiary/aromatic N) is 1. The third-order valence-electron chi connectivity index (χ3n) is 4.46. The number of aryl methyl sites for hydroxylation is 1. The Morgan fingerprint density at radius 2 is 2.29 bits per heavy atom. The second-order valence-corrected chi connectivity index (χ2v) is 5.94. The monoisotopic (exact) mass is 289 g/mol. The van der Waals surface area contributed by atoms with E-state index in [1.54, 1.807) is 7.05 Å². The van der Waals surface area contributed by atoms with E-state index in [0.717, 1.165) is 25.8 Å². The molecule has 3 N–H and O–H groups in total. The van der Waals surface area contributed by atoms with Crippen LogP contribution >= 0.6 is 0 Å². The minimum Gasteiger partial charge on any atom is -0.358 e. The van der Waals surface area contributed by atoms with E-state index in [-0.39, 0.29) is 24.0 Å². The first kappa shape index (κ1) is 16.0. The van der Waals surface area contributed by atoms with Gasteiger partial charge >= 0.3 is 0 Å². The van der Waals surface area contributed by atoms with Crippen LogP contribution in [0.5, 0.6) is 0 Å². The van der Waals surface area contributed by atoms with Crippen LogP contribution in [0, 0.1) is 6.92 Å². The summed E-state index contributed by atoms with van der Waals surface area (Å²) in [5.74, 6) is 0.105.